The highest BCUT2D eigenvalue weighted by Gasteiger charge is 2.52. The minimum absolute atomic E-state index is 0.633. The van der Waals surface area contributed by atoms with Crippen LogP contribution in [0.3, 0.4) is 0 Å². The van der Waals surface area contributed by atoms with Crippen LogP contribution in [-0.4, -0.2) is 23.7 Å². The number of nitrogens with zero attached hydrogens (tertiary/aromatic N) is 6. The van der Waals surface area contributed by atoms with E-state index in [1.54, 1.807) is 0 Å². The topological polar surface area (TPSA) is 44.9 Å². The van der Waals surface area contributed by atoms with Gasteiger partial charge in [0.25, 0.3) is 0 Å². The van der Waals surface area contributed by atoms with E-state index in [4.69, 9.17) is 16.5 Å². The van der Waals surface area contributed by atoms with Crippen LogP contribution < -0.4 is 0 Å². The number of hydrogen-bond donors (Lipinski definition) is 0. The predicted octanol–water partition coefficient (Wildman–Crippen LogP) is 16.8. The van der Waals surface area contributed by atoms with E-state index in [-0.39, 0.29) is 0 Å². The molecule has 1 spiro atoms. The molecule has 7 heteroatoms. The Morgan fingerprint density at radius 2 is 0.808 bits per heavy atom. The second-order valence-electron chi connectivity index (χ2n) is 19.2. The van der Waals surface area contributed by atoms with Crippen LogP contribution in [-0.2, 0) is 5.41 Å². The standard InChI is InChI=1S/C66H38N6S/c1-67-42-27-30-61-51(37-42)49-18-5-9-24-59(49)72(61)45-28-32-63-55(39-45)66(52-19-11-33-68-64(52)65-53(66)20-12-34-69-65)54-36-41(26-31-62(54)73-63)40-25-29-60-50(35-40)48-17-4-8-23-58(48)71(60)44-14-10-13-43(38-44)70-56-21-6-2-15-46(56)47-16-3-7-22-57(47)70/h2-39H. The maximum absolute atomic E-state index is 7.81. The Bertz CT molecular complexity index is 4660. The Kier molecular flexibility index (Phi) is 8.28. The number of pyridine rings is 2. The molecule has 6 heterocycles. The van der Waals surface area contributed by atoms with E-state index in [9.17, 15) is 0 Å². The molecule has 0 saturated heterocycles. The molecule has 0 N–H and O–H groups in total. The largest absolute Gasteiger partial charge is 0.309 e. The van der Waals surface area contributed by atoms with Crippen LogP contribution in [0.1, 0.15) is 22.3 Å². The zero-order valence-corrected chi connectivity index (χ0v) is 39.8. The normalized spacial score (nSPS) is 13.2. The van der Waals surface area contributed by atoms with E-state index < -0.39 is 5.41 Å². The summed E-state index contributed by atoms with van der Waals surface area (Å²) in [5.41, 5.74) is 18.9. The van der Waals surface area contributed by atoms with E-state index in [2.05, 4.69) is 225 Å². The van der Waals surface area contributed by atoms with Crippen molar-refractivity contribution in [2.24, 2.45) is 0 Å². The first kappa shape index (κ1) is 40.3. The third-order valence-corrected chi connectivity index (χ3v) is 16.7. The van der Waals surface area contributed by atoms with Crippen molar-refractivity contribution in [3.63, 3.8) is 0 Å². The fraction of sp³-hybridized carbons (Fsp3) is 0.0152. The van der Waals surface area contributed by atoms with Crippen LogP contribution in [0, 0.1) is 6.57 Å². The molecule has 14 aromatic rings. The first-order chi connectivity index (χ1) is 36.2. The van der Waals surface area contributed by atoms with Gasteiger partial charge in [-0.25, -0.2) is 4.85 Å². The summed E-state index contributed by atoms with van der Waals surface area (Å²) in [6.07, 6.45) is 3.79. The number of benzene rings is 9. The van der Waals surface area contributed by atoms with Crippen molar-refractivity contribution < 1.29 is 0 Å². The summed E-state index contributed by atoms with van der Waals surface area (Å²) < 4.78 is 7.18. The maximum Gasteiger partial charge on any atom is 0.188 e. The van der Waals surface area contributed by atoms with Gasteiger partial charge in [0, 0.05) is 66.2 Å². The van der Waals surface area contributed by atoms with Crippen LogP contribution in [0.2, 0.25) is 0 Å². The third kappa shape index (κ3) is 5.47. The third-order valence-electron chi connectivity index (χ3n) is 15.6. The highest BCUT2D eigenvalue weighted by Crippen LogP contribution is 2.62. The number of para-hydroxylation sites is 4. The lowest BCUT2D eigenvalue weighted by atomic mass is 9.67. The Balaban J connectivity index is 0.890. The molecule has 1 aliphatic heterocycles. The fourth-order valence-electron chi connectivity index (χ4n) is 12.6. The zero-order chi connectivity index (χ0) is 47.9. The highest BCUT2D eigenvalue weighted by atomic mass is 32.2. The molecule has 9 aromatic carbocycles. The van der Waals surface area contributed by atoms with Crippen molar-refractivity contribution >= 4 is 82.9 Å². The molecule has 338 valence electrons. The van der Waals surface area contributed by atoms with Crippen LogP contribution in [0.25, 0.3) is 110 Å². The minimum atomic E-state index is -0.716. The summed E-state index contributed by atoms with van der Waals surface area (Å²) in [7, 11) is 0. The van der Waals surface area contributed by atoms with Gasteiger partial charge in [0.05, 0.1) is 56.5 Å². The van der Waals surface area contributed by atoms with E-state index >= 15 is 0 Å². The van der Waals surface area contributed by atoms with Gasteiger partial charge >= 0.3 is 0 Å². The van der Waals surface area contributed by atoms with Crippen molar-refractivity contribution in [1.82, 2.24) is 23.7 Å². The van der Waals surface area contributed by atoms with Gasteiger partial charge in [-0.3, -0.25) is 9.97 Å². The molecule has 2 aliphatic rings. The lowest BCUT2D eigenvalue weighted by Gasteiger charge is -2.39. The van der Waals surface area contributed by atoms with Gasteiger partial charge in [-0.2, -0.15) is 0 Å². The molecule has 0 unspecified atom stereocenters. The van der Waals surface area contributed by atoms with Crippen LogP contribution in [0.15, 0.2) is 241 Å². The molecule has 1 aliphatic carbocycles. The summed E-state index contributed by atoms with van der Waals surface area (Å²) in [5, 5.41) is 7.10. The van der Waals surface area contributed by atoms with Gasteiger partial charge in [0.15, 0.2) is 5.69 Å². The van der Waals surface area contributed by atoms with Crippen molar-refractivity contribution in [3.8, 4) is 39.6 Å². The lowest BCUT2D eigenvalue weighted by molar-refractivity contribution is 0.718. The highest BCUT2D eigenvalue weighted by molar-refractivity contribution is 7.99. The molecule has 0 atom stereocenters. The lowest BCUT2D eigenvalue weighted by Crippen LogP contribution is -2.32. The fourth-order valence-corrected chi connectivity index (χ4v) is 13.8. The average Bonchev–Trinajstić information content (AvgIpc) is 4.17. The van der Waals surface area contributed by atoms with E-state index in [1.165, 1.54) is 53.5 Å². The van der Waals surface area contributed by atoms with Crippen LogP contribution in [0.4, 0.5) is 5.69 Å². The second kappa shape index (κ2) is 15.0. The zero-order valence-electron chi connectivity index (χ0n) is 39.0. The second-order valence-corrected chi connectivity index (χ2v) is 20.3. The molecule has 6 nitrogen and oxygen atoms in total. The number of aromatic nitrogens is 5. The van der Waals surface area contributed by atoms with Crippen molar-refractivity contribution in [3.05, 3.63) is 264 Å². The first-order valence-electron chi connectivity index (χ1n) is 24.6. The molecule has 73 heavy (non-hydrogen) atoms. The quantitative estimate of drug-likeness (QED) is 0.165. The van der Waals surface area contributed by atoms with Crippen molar-refractivity contribution in [1.29, 1.82) is 0 Å². The van der Waals surface area contributed by atoms with Gasteiger partial charge in [-0.1, -0.05) is 121 Å². The molecule has 5 aromatic heterocycles. The van der Waals surface area contributed by atoms with E-state index in [0.717, 1.165) is 83.5 Å². The molecule has 0 bridgehead atoms. The van der Waals surface area contributed by atoms with Crippen molar-refractivity contribution in [2.75, 3.05) is 0 Å². The van der Waals surface area contributed by atoms with Gasteiger partial charge in [0.2, 0.25) is 0 Å². The smallest absolute Gasteiger partial charge is 0.188 e. The minimum Gasteiger partial charge on any atom is -0.309 e. The van der Waals surface area contributed by atoms with Gasteiger partial charge in [-0.15, -0.1) is 0 Å². The first-order valence-corrected chi connectivity index (χ1v) is 25.4. The summed E-state index contributed by atoms with van der Waals surface area (Å²) in [6.45, 7) is 7.81. The molecule has 0 radical (unpaired) electrons. The molecule has 0 amide bonds. The summed E-state index contributed by atoms with van der Waals surface area (Å²) in [6, 6.07) is 79.5. The van der Waals surface area contributed by atoms with Crippen LogP contribution in [0.5, 0.6) is 0 Å². The number of rotatable bonds is 4. The molecule has 16 rings (SSSR count). The summed E-state index contributed by atoms with van der Waals surface area (Å²) in [5.74, 6) is 0. The Hall–Kier alpha value is -9.48. The Labute approximate surface area is 423 Å². The van der Waals surface area contributed by atoms with E-state index in [1.807, 2.05) is 36.3 Å². The molecular weight excluding hydrogens is 909 g/mol. The average molecular weight is 947 g/mol. The SMILES string of the molecule is [C-]#[N+]c1ccc2c(c1)c1ccccc1n2-c1ccc2c(c1)C1(c3cc(-c4ccc5c(c4)c4ccccc4n5-c4cccc(-n5c6ccccc6c6ccccc65)c4)ccc3S2)c2cccnc2-c2ncccc21. The summed E-state index contributed by atoms with van der Waals surface area (Å²) in [4.78, 5) is 16.4. The molecule has 0 saturated carbocycles. The van der Waals surface area contributed by atoms with Crippen molar-refractivity contribution in [2.45, 2.75) is 15.2 Å². The van der Waals surface area contributed by atoms with Gasteiger partial charge in [-0.05, 0) is 148 Å². The molecular formula is C66H38N6S. The monoisotopic (exact) mass is 946 g/mol. The summed E-state index contributed by atoms with van der Waals surface area (Å²) >= 11 is 1.83. The Morgan fingerprint density at radius 1 is 0.356 bits per heavy atom. The van der Waals surface area contributed by atoms with Gasteiger partial charge < -0.3 is 13.7 Å². The number of hydrogen-bond acceptors (Lipinski definition) is 3. The molecule has 0 fully saturated rings. The Morgan fingerprint density at radius 3 is 1.38 bits per heavy atom. The van der Waals surface area contributed by atoms with Crippen LogP contribution >= 0.6 is 11.8 Å². The number of fused-ring (bicyclic) bond motifs is 18. The predicted molar refractivity (Wildman–Crippen MR) is 298 cm³/mol. The van der Waals surface area contributed by atoms with E-state index in [0.29, 0.717) is 5.69 Å². The maximum atomic E-state index is 7.81. The van der Waals surface area contributed by atoms with Gasteiger partial charge in [0.1, 0.15) is 0 Å².